The number of aryl methyl sites for hydroxylation is 1. The molecule has 1 saturated heterocycles. The number of hydrogen-bond acceptors (Lipinski definition) is 3. The van der Waals surface area contributed by atoms with E-state index in [0.29, 0.717) is 11.5 Å². The Hall–Kier alpha value is -1.29. The highest BCUT2D eigenvalue weighted by Gasteiger charge is 2.21. The molecule has 1 amide bonds. The average Bonchev–Trinajstić information content (AvgIpc) is 2.87. The van der Waals surface area contributed by atoms with Gasteiger partial charge in [-0.2, -0.15) is 0 Å². The second kappa shape index (κ2) is 6.05. The Labute approximate surface area is 108 Å². The molecule has 4 nitrogen and oxygen atoms in total. The number of rotatable bonds is 4. The molecule has 1 N–H and O–H groups in total. The second-order valence-electron chi connectivity index (χ2n) is 4.99. The summed E-state index contributed by atoms with van der Waals surface area (Å²) in [4.78, 5) is 14.1. The van der Waals surface area contributed by atoms with Crippen molar-refractivity contribution in [2.45, 2.75) is 26.2 Å². The standard InChI is InChI=1S/C14H22N2O2/c1-3-13-12(6-9-18-13)14(17)16(2)10-11-4-7-15-8-5-11/h6,9,11,15H,3-5,7-8,10H2,1-2H3. The first-order valence-corrected chi connectivity index (χ1v) is 6.75. The van der Waals surface area contributed by atoms with Gasteiger partial charge in [-0.15, -0.1) is 0 Å². The Morgan fingerprint density at radius 3 is 2.89 bits per heavy atom. The van der Waals surface area contributed by atoms with Crippen molar-refractivity contribution in [1.29, 1.82) is 0 Å². The van der Waals surface area contributed by atoms with E-state index in [-0.39, 0.29) is 5.91 Å². The lowest BCUT2D eigenvalue weighted by Gasteiger charge is -2.27. The van der Waals surface area contributed by atoms with E-state index in [2.05, 4.69) is 5.32 Å². The Bertz CT molecular complexity index is 394. The Balaban J connectivity index is 1.95. The van der Waals surface area contributed by atoms with E-state index in [1.165, 1.54) is 0 Å². The summed E-state index contributed by atoms with van der Waals surface area (Å²) >= 11 is 0. The molecule has 0 aliphatic carbocycles. The molecular formula is C14H22N2O2. The predicted octanol–water partition coefficient (Wildman–Crippen LogP) is 1.91. The van der Waals surface area contributed by atoms with Gasteiger partial charge >= 0.3 is 0 Å². The van der Waals surface area contributed by atoms with Crippen LogP contribution in [0.2, 0.25) is 0 Å². The van der Waals surface area contributed by atoms with Gasteiger partial charge in [0, 0.05) is 20.0 Å². The van der Waals surface area contributed by atoms with Crippen LogP contribution >= 0.6 is 0 Å². The molecule has 1 aliphatic heterocycles. The third-order valence-electron chi connectivity index (χ3n) is 3.63. The van der Waals surface area contributed by atoms with Crippen molar-refractivity contribution in [3.05, 3.63) is 23.7 Å². The maximum atomic E-state index is 12.3. The SMILES string of the molecule is CCc1occc1C(=O)N(C)CC1CCNCC1. The summed E-state index contributed by atoms with van der Waals surface area (Å²) in [6, 6.07) is 1.78. The number of hydrogen-bond donors (Lipinski definition) is 1. The minimum atomic E-state index is 0.0825. The van der Waals surface area contributed by atoms with Crippen LogP contribution in [0.1, 0.15) is 35.9 Å². The quantitative estimate of drug-likeness (QED) is 0.888. The topological polar surface area (TPSA) is 45.5 Å². The molecule has 2 rings (SSSR count). The molecule has 0 aromatic carbocycles. The summed E-state index contributed by atoms with van der Waals surface area (Å²) in [5, 5.41) is 3.34. The molecule has 1 aliphatic rings. The van der Waals surface area contributed by atoms with Gasteiger partial charge in [-0.25, -0.2) is 0 Å². The minimum absolute atomic E-state index is 0.0825. The van der Waals surface area contributed by atoms with Crippen molar-refractivity contribution in [2.75, 3.05) is 26.7 Å². The largest absolute Gasteiger partial charge is 0.469 e. The average molecular weight is 250 g/mol. The summed E-state index contributed by atoms with van der Waals surface area (Å²) in [5.41, 5.74) is 0.717. The molecule has 0 bridgehead atoms. The van der Waals surface area contributed by atoms with Crippen molar-refractivity contribution in [3.63, 3.8) is 0 Å². The molecule has 1 aromatic heterocycles. The van der Waals surface area contributed by atoms with Gasteiger partial charge in [-0.1, -0.05) is 6.92 Å². The molecule has 4 heteroatoms. The van der Waals surface area contributed by atoms with Gasteiger partial charge in [0.1, 0.15) is 5.76 Å². The smallest absolute Gasteiger partial charge is 0.257 e. The highest BCUT2D eigenvalue weighted by molar-refractivity contribution is 5.95. The fourth-order valence-electron chi connectivity index (χ4n) is 2.55. The highest BCUT2D eigenvalue weighted by atomic mass is 16.3. The lowest BCUT2D eigenvalue weighted by atomic mass is 9.97. The summed E-state index contributed by atoms with van der Waals surface area (Å²) in [7, 11) is 1.89. The minimum Gasteiger partial charge on any atom is -0.469 e. The molecule has 18 heavy (non-hydrogen) atoms. The monoisotopic (exact) mass is 250 g/mol. The highest BCUT2D eigenvalue weighted by Crippen LogP contribution is 2.17. The van der Waals surface area contributed by atoms with E-state index in [1.807, 2.05) is 18.9 Å². The maximum Gasteiger partial charge on any atom is 0.257 e. The molecule has 1 aromatic rings. The van der Waals surface area contributed by atoms with E-state index < -0.39 is 0 Å². The Morgan fingerprint density at radius 2 is 2.22 bits per heavy atom. The van der Waals surface area contributed by atoms with Crippen LogP contribution in [0.5, 0.6) is 0 Å². The lowest BCUT2D eigenvalue weighted by molar-refractivity contribution is 0.0760. The first kappa shape index (κ1) is 13.1. The number of nitrogens with one attached hydrogen (secondary N) is 1. The van der Waals surface area contributed by atoms with Crippen LogP contribution in [0.15, 0.2) is 16.7 Å². The molecule has 0 atom stereocenters. The van der Waals surface area contributed by atoms with Crippen LogP contribution in [-0.4, -0.2) is 37.5 Å². The second-order valence-corrected chi connectivity index (χ2v) is 4.99. The third-order valence-corrected chi connectivity index (χ3v) is 3.63. The van der Waals surface area contributed by atoms with Gasteiger partial charge in [0.05, 0.1) is 11.8 Å². The van der Waals surface area contributed by atoms with Crippen LogP contribution in [-0.2, 0) is 6.42 Å². The molecule has 2 heterocycles. The number of carbonyl (C=O) groups is 1. The molecule has 0 saturated carbocycles. The van der Waals surface area contributed by atoms with E-state index in [9.17, 15) is 4.79 Å². The number of carbonyl (C=O) groups excluding carboxylic acids is 1. The van der Waals surface area contributed by atoms with Crippen LogP contribution in [0.4, 0.5) is 0 Å². The van der Waals surface area contributed by atoms with E-state index >= 15 is 0 Å². The van der Waals surface area contributed by atoms with Gasteiger partial charge in [0.25, 0.3) is 5.91 Å². The number of amides is 1. The first-order valence-electron chi connectivity index (χ1n) is 6.75. The molecule has 100 valence electrons. The predicted molar refractivity (Wildman–Crippen MR) is 70.6 cm³/mol. The molecule has 1 fully saturated rings. The van der Waals surface area contributed by atoms with Crippen LogP contribution in [0, 0.1) is 5.92 Å². The van der Waals surface area contributed by atoms with Crippen LogP contribution < -0.4 is 5.32 Å². The third kappa shape index (κ3) is 2.93. The first-order chi connectivity index (χ1) is 8.72. The van der Waals surface area contributed by atoms with Crippen molar-refractivity contribution in [3.8, 4) is 0 Å². The van der Waals surface area contributed by atoms with Crippen molar-refractivity contribution in [2.24, 2.45) is 5.92 Å². The van der Waals surface area contributed by atoms with E-state index in [4.69, 9.17) is 4.42 Å². The fourth-order valence-corrected chi connectivity index (χ4v) is 2.55. The Morgan fingerprint density at radius 1 is 1.50 bits per heavy atom. The maximum absolute atomic E-state index is 12.3. The van der Waals surface area contributed by atoms with Crippen molar-refractivity contribution < 1.29 is 9.21 Å². The lowest BCUT2D eigenvalue weighted by Crippen LogP contribution is -2.37. The fraction of sp³-hybridized carbons (Fsp3) is 0.643. The zero-order chi connectivity index (χ0) is 13.0. The zero-order valence-electron chi connectivity index (χ0n) is 11.2. The zero-order valence-corrected chi connectivity index (χ0v) is 11.2. The van der Waals surface area contributed by atoms with Crippen LogP contribution in [0.3, 0.4) is 0 Å². The summed E-state index contributed by atoms with van der Waals surface area (Å²) in [6.07, 6.45) is 4.67. The number of nitrogens with zero attached hydrogens (tertiary/aromatic N) is 1. The summed E-state index contributed by atoms with van der Waals surface area (Å²) in [5.74, 6) is 1.49. The van der Waals surface area contributed by atoms with Gasteiger partial charge in [0.2, 0.25) is 0 Å². The molecule has 0 spiro atoms. The molecular weight excluding hydrogens is 228 g/mol. The Kier molecular flexibility index (Phi) is 4.42. The molecule has 0 unspecified atom stereocenters. The van der Waals surface area contributed by atoms with Crippen LogP contribution in [0.25, 0.3) is 0 Å². The normalized spacial score (nSPS) is 16.8. The van der Waals surface area contributed by atoms with Crippen molar-refractivity contribution in [1.82, 2.24) is 10.2 Å². The van der Waals surface area contributed by atoms with Gasteiger partial charge in [-0.3, -0.25) is 4.79 Å². The van der Waals surface area contributed by atoms with Crippen molar-refractivity contribution >= 4 is 5.91 Å². The van der Waals surface area contributed by atoms with Gasteiger partial charge in [-0.05, 0) is 37.9 Å². The van der Waals surface area contributed by atoms with Gasteiger partial charge in [0.15, 0.2) is 0 Å². The molecule has 0 radical (unpaired) electrons. The van der Waals surface area contributed by atoms with Gasteiger partial charge < -0.3 is 14.6 Å². The summed E-state index contributed by atoms with van der Waals surface area (Å²) < 4.78 is 5.32. The van der Waals surface area contributed by atoms with E-state index in [1.54, 1.807) is 12.3 Å². The summed E-state index contributed by atoms with van der Waals surface area (Å²) in [6.45, 7) is 4.98. The number of piperidine rings is 1. The number of furan rings is 1. The van der Waals surface area contributed by atoms with E-state index in [0.717, 1.165) is 44.7 Å².